The number of aryl methyl sites for hydroxylation is 4. The van der Waals surface area contributed by atoms with E-state index in [1.165, 1.54) is 11.1 Å². The van der Waals surface area contributed by atoms with Gasteiger partial charge in [0.1, 0.15) is 47.9 Å². The topological polar surface area (TPSA) is 294 Å². The fourth-order valence-electron chi connectivity index (χ4n) is 15.3. The van der Waals surface area contributed by atoms with Gasteiger partial charge in [0, 0.05) is 62.0 Å². The van der Waals surface area contributed by atoms with Crippen LogP contribution in [0.4, 0.5) is 0 Å². The first kappa shape index (κ1) is 104. The van der Waals surface area contributed by atoms with Gasteiger partial charge in [0.05, 0.1) is 28.3 Å². The highest BCUT2D eigenvalue weighted by atomic mass is 79.9. The number of fused-ring (bicyclic) bond motifs is 1. The molecule has 9 N–H and O–H groups in total. The van der Waals surface area contributed by atoms with Crippen molar-refractivity contribution in [2.45, 2.75) is 64.0 Å². The van der Waals surface area contributed by atoms with E-state index in [1.807, 2.05) is 315 Å². The fourth-order valence-corrected chi connectivity index (χ4v) is 19.3. The number of H-pyrrole nitrogens is 7. The Bertz CT molecular complexity index is 8400. The molecular formula is C110H95BrClN21O4S9. The van der Waals surface area contributed by atoms with Crippen LogP contribution < -0.4 is 9.47 Å². The molecule has 0 aliphatic carbocycles. The molecule has 0 bridgehead atoms. The van der Waals surface area contributed by atoms with Crippen LogP contribution >= 0.6 is 136 Å². The number of phenolic OH excluding ortho intramolecular Hbond substituents is 2. The van der Waals surface area contributed by atoms with Gasteiger partial charge < -0.3 is 19.7 Å². The second-order valence-electron chi connectivity index (χ2n) is 32.2. The van der Waals surface area contributed by atoms with Crippen LogP contribution in [0.25, 0.3) is 72.7 Å². The molecule has 14 aromatic carbocycles. The number of benzene rings is 14. The van der Waals surface area contributed by atoms with Crippen LogP contribution in [0.3, 0.4) is 0 Å². The smallest absolute Gasteiger partial charge is 0.200 e. The minimum absolute atomic E-state index is 0.168. The summed E-state index contributed by atoms with van der Waals surface area (Å²) in [7, 11) is 0. The SMILES string of the molecule is Cc1cccc(OCc2n[nH]c(=S)n2-c2ccccc2)c1.Oc1ccc(Br)cc1-c1n[nH]c(=S)n1Cc1ccccc1.Oc1ccccc1-c1n[nH]c(=S)n1-c1ccccc1.S=c1[nH]nc(-c2cccs2)n1CCc1ccccc1.S=c1[nH]nc(CCc2ccccc2)n1-c1ccccc1.S=c1[nH]nc(COc2cccc3ccccc23)n1-c1ccccc1.S=c1[nH]nc(CSCc2ccccc2Cl)n1-c1ccccc1. The Morgan fingerprint density at radius 3 is 1.34 bits per heavy atom. The van der Waals surface area contributed by atoms with E-state index in [4.69, 9.17) is 107 Å². The van der Waals surface area contributed by atoms with Crippen LogP contribution in [0, 0.1) is 40.3 Å². The summed E-state index contributed by atoms with van der Waals surface area (Å²) in [5, 5.41) is 75.0. The van der Waals surface area contributed by atoms with Crippen LogP contribution in [0.1, 0.15) is 51.1 Å². The monoisotopic (exact) mass is 2180 g/mol. The van der Waals surface area contributed by atoms with E-state index in [9.17, 15) is 10.2 Å². The average molecular weight is 2180 g/mol. The number of nitrogens with one attached hydrogen (secondary N) is 7. The van der Waals surface area contributed by atoms with Crippen molar-refractivity contribution in [3.05, 3.63) is 488 Å². The molecule has 36 heteroatoms. The first-order valence-corrected chi connectivity index (χ1v) is 51.9. The normalized spacial score (nSPS) is 10.7. The van der Waals surface area contributed by atoms with E-state index < -0.39 is 0 Å². The summed E-state index contributed by atoms with van der Waals surface area (Å²) in [5.41, 5.74) is 12.2. The van der Waals surface area contributed by atoms with Crippen molar-refractivity contribution in [1.29, 1.82) is 0 Å². The van der Waals surface area contributed by atoms with Crippen molar-refractivity contribution in [2.75, 3.05) is 0 Å². The number of hydrogen-bond donors (Lipinski definition) is 9. The number of para-hydroxylation sites is 6. The van der Waals surface area contributed by atoms with E-state index in [-0.39, 0.29) is 11.5 Å². The van der Waals surface area contributed by atoms with Crippen molar-refractivity contribution in [3.63, 3.8) is 0 Å². The number of hydrogen-bond acceptors (Lipinski definition) is 20. The number of phenols is 2. The summed E-state index contributed by atoms with van der Waals surface area (Å²) in [6, 6.07) is 127. The third-order valence-electron chi connectivity index (χ3n) is 22.4. The minimum atomic E-state index is 0.168. The maximum absolute atomic E-state index is 10.1. The van der Waals surface area contributed by atoms with Crippen LogP contribution in [-0.4, -0.2) is 114 Å². The first-order chi connectivity index (χ1) is 71.4. The van der Waals surface area contributed by atoms with E-state index in [0.29, 0.717) is 75.9 Å². The Kier molecular flexibility index (Phi) is 37.2. The second kappa shape index (κ2) is 52.4. The molecule has 25 nitrogen and oxygen atoms in total. The average Bonchev–Trinajstić information content (AvgIpc) is 1.62. The highest BCUT2D eigenvalue weighted by Crippen LogP contribution is 2.35. The highest BCUT2D eigenvalue weighted by molar-refractivity contribution is 9.10. The lowest BCUT2D eigenvalue weighted by molar-refractivity contribution is 0.293. The van der Waals surface area contributed by atoms with Crippen LogP contribution in [0.5, 0.6) is 23.0 Å². The molecule has 22 rings (SSSR count). The molecule has 0 saturated heterocycles. The van der Waals surface area contributed by atoms with Crippen LogP contribution in [0.2, 0.25) is 5.02 Å². The standard InChI is InChI=1S/C19H15N3OS.C16H14ClN3S2.C16H15N3OS.C16H15N3S.C15H12BrN3OS.C14H11N3OS.C14H13N3S2/c24-19-21-20-18(22(19)15-9-2-1-3-10-15)13-23-17-12-6-8-14-7-4-5-11-16(14)17;17-14-9-5-4-6-12(14)10-22-11-15-18-19-16(21)20(15)13-7-2-1-3-8-13;1-12-6-5-9-14(10-12)20-11-15-17-18-16(21)19(15)13-7-3-2-4-8-13;20-16-18-17-15(12-11-13-7-3-1-4-8-13)19(16)14-9-5-2-6-10-14;16-11-6-7-13(20)12(8-11)14-17-18-15(21)19(14)9-10-4-2-1-3-5-10;18-12-9-5-4-8-11(12)13-15-16-14(19)17(13)10-6-2-1-3-7-10;18-14-16-15-13(12-7-4-10-19-12)17(14)9-8-11-5-2-1-3-6-11/h1-12H,13H2,(H,21,24);1-9H,10-11H2,(H,19,21);2-10H,11H2,1H3,(H,18,21);1-10H,11-12H2,(H,18,20);1-8,20H,9H2,(H,18,21);1-9,18H,(H,16,19);1-7,10H,8-9H2,(H,16,18). The van der Waals surface area contributed by atoms with Crippen LogP contribution in [-0.2, 0) is 57.1 Å². The summed E-state index contributed by atoms with van der Waals surface area (Å²) in [4.78, 5) is 1.14. The van der Waals surface area contributed by atoms with Gasteiger partial charge in [0.15, 0.2) is 62.5 Å². The van der Waals surface area contributed by atoms with E-state index in [2.05, 4.69) is 170 Å². The zero-order chi connectivity index (χ0) is 101. The molecule has 0 amide bonds. The van der Waals surface area contributed by atoms with Gasteiger partial charge in [-0.05, 0) is 265 Å². The number of thioether (sulfide) groups is 1. The molecule has 22 aromatic rings. The van der Waals surface area contributed by atoms with Gasteiger partial charge in [-0.15, -0.1) is 23.1 Å². The zero-order valence-corrected chi connectivity index (χ0v) is 88.0. The maximum Gasteiger partial charge on any atom is 0.200 e. The quantitative estimate of drug-likeness (QED) is 0.0228. The Labute approximate surface area is 898 Å². The molecule has 0 saturated carbocycles. The van der Waals surface area contributed by atoms with Gasteiger partial charge in [-0.1, -0.05) is 294 Å². The number of aromatic amines is 7. The zero-order valence-electron chi connectivity index (χ0n) is 78.3. The van der Waals surface area contributed by atoms with Crippen molar-refractivity contribution in [1.82, 2.24) is 103 Å². The number of ether oxygens (including phenoxy) is 2. The van der Waals surface area contributed by atoms with Crippen molar-refractivity contribution >= 4 is 147 Å². The van der Waals surface area contributed by atoms with Gasteiger partial charge >= 0.3 is 0 Å². The second-order valence-corrected chi connectivity index (χ2v) is 38.2. The molecule has 0 radical (unpaired) electrons. The summed E-state index contributed by atoms with van der Waals surface area (Å²) in [6.07, 6.45) is 2.76. The fraction of sp³-hybridized carbons (Fsp3) is 0.0909. The van der Waals surface area contributed by atoms with Gasteiger partial charge in [-0.2, -0.15) is 35.7 Å². The predicted molar refractivity (Wildman–Crippen MR) is 604 cm³/mol. The van der Waals surface area contributed by atoms with Crippen molar-refractivity contribution < 1.29 is 19.7 Å². The molecule has 0 aliphatic heterocycles. The van der Waals surface area contributed by atoms with Crippen molar-refractivity contribution in [3.8, 4) is 84.9 Å². The van der Waals surface area contributed by atoms with Gasteiger partial charge in [-0.25, -0.2) is 0 Å². The molecular weight excluding hydrogens is 2080 g/mol. The molecule has 0 fully saturated rings. The van der Waals surface area contributed by atoms with E-state index in [0.717, 1.165) is 148 Å². The lowest BCUT2D eigenvalue weighted by atomic mass is 10.1. The van der Waals surface area contributed by atoms with Gasteiger partial charge in [-0.3, -0.25) is 67.7 Å². The first-order valence-electron chi connectivity index (χ1n) is 45.9. The molecule has 732 valence electrons. The molecule has 0 unspecified atom stereocenters. The summed E-state index contributed by atoms with van der Waals surface area (Å²) in [5.74, 6) is 9.08. The van der Waals surface area contributed by atoms with Crippen molar-refractivity contribution in [2.24, 2.45) is 0 Å². The number of rotatable bonds is 26. The highest BCUT2D eigenvalue weighted by Gasteiger charge is 2.20. The molecule has 146 heavy (non-hydrogen) atoms. The summed E-state index contributed by atoms with van der Waals surface area (Å²) >= 11 is 50.2. The Balaban J connectivity index is 0.000000122. The third kappa shape index (κ3) is 27.9. The van der Waals surface area contributed by atoms with E-state index >= 15 is 0 Å². The molecule has 0 spiro atoms. The molecule has 8 aromatic heterocycles. The maximum atomic E-state index is 10.1. The molecule has 8 heterocycles. The Hall–Kier alpha value is -15.1. The van der Waals surface area contributed by atoms with Gasteiger partial charge in [0.25, 0.3) is 0 Å². The lowest BCUT2D eigenvalue weighted by Crippen LogP contribution is -2.05. The minimum Gasteiger partial charge on any atom is -0.507 e. The molecule has 0 atom stereocenters. The lowest BCUT2D eigenvalue weighted by Gasteiger charge is -2.10. The number of aromatic hydroxyl groups is 2. The summed E-state index contributed by atoms with van der Waals surface area (Å²) < 4.78 is 30.2. The summed E-state index contributed by atoms with van der Waals surface area (Å²) in [6.45, 7) is 4.15. The Morgan fingerprint density at radius 2 is 0.781 bits per heavy atom. The predicted octanol–water partition coefficient (Wildman–Crippen LogP) is 28.5. The largest absolute Gasteiger partial charge is 0.507 e. The number of aromatic nitrogens is 21. The number of thiophene rings is 1. The third-order valence-corrected chi connectivity index (χ3v) is 27.1. The Morgan fingerprint density at radius 1 is 0.349 bits per heavy atom. The van der Waals surface area contributed by atoms with Crippen LogP contribution in [0.15, 0.2) is 398 Å². The molecule has 0 aliphatic rings. The number of nitrogens with zero attached hydrogens (tertiary/aromatic N) is 14. The van der Waals surface area contributed by atoms with E-state index in [1.54, 1.807) is 58.0 Å². The number of halogens is 2. The van der Waals surface area contributed by atoms with Gasteiger partial charge in [0.2, 0.25) is 0 Å².